The number of aliphatic imine (C=N–C) groups is 2. The Labute approximate surface area is 178 Å². The van der Waals surface area contributed by atoms with Gasteiger partial charge in [0.25, 0.3) is 5.91 Å². The van der Waals surface area contributed by atoms with Crippen LogP contribution in [-0.2, 0) is 9.59 Å². The molecule has 148 valence electrons. The Morgan fingerprint density at radius 3 is 2.79 bits per heavy atom. The smallest absolute Gasteiger partial charge is 0.259 e. The zero-order valence-corrected chi connectivity index (χ0v) is 17.5. The highest BCUT2D eigenvalue weighted by Crippen LogP contribution is 2.34. The maximum atomic E-state index is 13.0. The van der Waals surface area contributed by atoms with Gasteiger partial charge in [0.1, 0.15) is 11.9 Å². The molecule has 0 spiro atoms. The van der Waals surface area contributed by atoms with Crippen LogP contribution in [0.4, 0.5) is 11.4 Å². The summed E-state index contributed by atoms with van der Waals surface area (Å²) >= 11 is 7.17. The molecule has 2 aliphatic heterocycles. The topological polar surface area (TPSA) is 74.1 Å². The molecule has 0 fully saturated rings. The van der Waals surface area contributed by atoms with Gasteiger partial charge in [-0.2, -0.15) is 0 Å². The molecule has 2 heterocycles. The minimum atomic E-state index is -0.442. The number of carbonyl (C=O) groups is 2. The van der Waals surface area contributed by atoms with Crippen molar-refractivity contribution in [3.8, 4) is 0 Å². The summed E-state index contributed by atoms with van der Waals surface area (Å²) in [5.41, 5.74) is 2.20. The van der Waals surface area contributed by atoms with E-state index in [9.17, 15) is 9.59 Å². The van der Waals surface area contributed by atoms with Crippen molar-refractivity contribution in [1.29, 1.82) is 0 Å². The summed E-state index contributed by atoms with van der Waals surface area (Å²) in [7, 11) is 0. The lowest BCUT2D eigenvalue weighted by Gasteiger charge is -2.25. The third kappa shape index (κ3) is 3.93. The average molecular weight is 427 g/mol. The maximum absolute atomic E-state index is 13.0. The number of halogens is 1. The first kappa shape index (κ1) is 19.7. The van der Waals surface area contributed by atoms with Gasteiger partial charge in [-0.15, -0.1) is 0 Å². The third-order valence-corrected chi connectivity index (χ3v) is 5.74. The van der Waals surface area contributed by atoms with Crippen LogP contribution < -0.4 is 5.32 Å². The fraction of sp³-hybridized carbons (Fsp3) is 0.238. The first-order chi connectivity index (χ1) is 13.9. The number of amides is 2. The van der Waals surface area contributed by atoms with E-state index in [4.69, 9.17) is 11.6 Å². The number of nitrogens with zero attached hydrogens (tertiary/aromatic N) is 3. The van der Waals surface area contributed by atoms with Gasteiger partial charge in [0.05, 0.1) is 11.4 Å². The van der Waals surface area contributed by atoms with Gasteiger partial charge in [-0.25, -0.2) is 9.89 Å². The van der Waals surface area contributed by atoms with Crippen molar-refractivity contribution in [2.24, 2.45) is 15.9 Å². The summed E-state index contributed by atoms with van der Waals surface area (Å²) in [4.78, 5) is 36.2. The molecule has 0 aliphatic carbocycles. The van der Waals surface area contributed by atoms with E-state index in [1.807, 2.05) is 38.1 Å². The number of fused-ring (bicyclic) bond motifs is 3. The van der Waals surface area contributed by atoms with Gasteiger partial charge in [-0.05, 0) is 36.2 Å². The van der Waals surface area contributed by atoms with Crippen molar-refractivity contribution in [2.45, 2.75) is 19.9 Å². The summed E-state index contributed by atoms with van der Waals surface area (Å²) in [6.07, 6.45) is 0. The molecule has 2 amide bonds. The van der Waals surface area contributed by atoms with Crippen LogP contribution in [0.1, 0.15) is 19.4 Å². The second-order valence-electron chi connectivity index (χ2n) is 7.07. The van der Waals surface area contributed by atoms with Crippen molar-refractivity contribution in [2.75, 3.05) is 11.1 Å². The van der Waals surface area contributed by atoms with Crippen LogP contribution in [0.15, 0.2) is 58.5 Å². The first-order valence-electron chi connectivity index (χ1n) is 9.22. The van der Waals surface area contributed by atoms with Crippen LogP contribution in [0.2, 0.25) is 5.02 Å². The van der Waals surface area contributed by atoms with Crippen LogP contribution in [0.5, 0.6) is 0 Å². The number of rotatable bonds is 4. The Morgan fingerprint density at radius 1 is 1.24 bits per heavy atom. The molecule has 2 aromatic carbocycles. The number of hydrogen-bond acceptors (Lipinski definition) is 5. The molecule has 0 saturated heterocycles. The van der Waals surface area contributed by atoms with Crippen molar-refractivity contribution < 1.29 is 9.59 Å². The number of benzene rings is 2. The van der Waals surface area contributed by atoms with Crippen molar-refractivity contribution in [3.63, 3.8) is 0 Å². The number of carbonyl (C=O) groups excluding carboxylic acids is 2. The number of nitrogens with one attached hydrogen (secondary N) is 1. The van der Waals surface area contributed by atoms with Crippen molar-refractivity contribution in [1.82, 2.24) is 4.90 Å². The second-order valence-corrected chi connectivity index (χ2v) is 8.45. The summed E-state index contributed by atoms with van der Waals surface area (Å²) in [6.45, 7) is 3.94. The van der Waals surface area contributed by atoms with Crippen LogP contribution in [0, 0.1) is 5.92 Å². The summed E-state index contributed by atoms with van der Waals surface area (Å²) in [5, 5.41) is 3.82. The van der Waals surface area contributed by atoms with Gasteiger partial charge >= 0.3 is 0 Å². The Kier molecular flexibility index (Phi) is 5.43. The van der Waals surface area contributed by atoms with Crippen LogP contribution in [0.3, 0.4) is 0 Å². The van der Waals surface area contributed by atoms with Crippen LogP contribution in [-0.4, -0.2) is 39.5 Å². The highest BCUT2D eigenvalue weighted by Gasteiger charge is 2.42. The Balaban J connectivity index is 1.55. The largest absolute Gasteiger partial charge is 0.325 e. The van der Waals surface area contributed by atoms with Gasteiger partial charge in [0.2, 0.25) is 5.91 Å². The maximum Gasteiger partial charge on any atom is 0.259 e. The molecule has 0 aromatic heterocycles. The normalized spacial score (nSPS) is 17.6. The standard InChI is InChI=1S/C21H19ClN4O2S/c1-12(2)18-20(28)26-19(25-18)15-8-3-4-9-16(15)24-21(26)29-11-17(27)23-14-7-5-6-13(22)10-14/h3-10,12,18H,11H2,1-2H3,(H,23,27)/t18-/m1/s1. The molecule has 8 heteroatoms. The molecule has 6 nitrogen and oxygen atoms in total. The molecule has 1 atom stereocenters. The predicted molar refractivity (Wildman–Crippen MR) is 118 cm³/mol. The third-order valence-electron chi connectivity index (χ3n) is 4.57. The van der Waals surface area contributed by atoms with Gasteiger partial charge in [-0.3, -0.25) is 14.6 Å². The number of amidine groups is 2. The average Bonchev–Trinajstić information content (AvgIpc) is 3.04. The molecular formula is C21H19ClN4O2S. The molecule has 0 radical (unpaired) electrons. The first-order valence-corrected chi connectivity index (χ1v) is 10.6. The lowest BCUT2D eigenvalue weighted by molar-refractivity contribution is -0.125. The number of hydrogen-bond donors (Lipinski definition) is 1. The molecule has 1 N–H and O–H groups in total. The quantitative estimate of drug-likeness (QED) is 0.790. The molecular weight excluding hydrogens is 408 g/mol. The molecule has 29 heavy (non-hydrogen) atoms. The van der Waals surface area contributed by atoms with E-state index in [-0.39, 0.29) is 23.5 Å². The van der Waals surface area contributed by atoms with E-state index in [1.165, 1.54) is 11.8 Å². The van der Waals surface area contributed by atoms with Gasteiger partial charge in [0.15, 0.2) is 5.17 Å². The Hall–Kier alpha value is -2.64. The fourth-order valence-electron chi connectivity index (χ4n) is 3.19. The zero-order chi connectivity index (χ0) is 20.5. The van der Waals surface area contributed by atoms with E-state index in [1.54, 1.807) is 29.2 Å². The SMILES string of the molecule is CC(C)[C@H]1N=C2c3ccccc3N=C(SCC(=O)Nc3cccc(Cl)c3)N2C1=O. The highest BCUT2D eigenvalue weighted by atomic mass is 35.5. The van der Waals surface area contributed by atoms with E-state index in [0.717, 1.165) is 11.3 Å². The predicted octanol–water partition coefficient (Wildman–Crippen LogP) is 4.33. The zero-order valence-electron chi connectivity index (χ0n) is 15.9. The minimum absolute atomic E-state index is 0.0742. The lowest BCUT2D eigenvalue weighted by atomic mass is 10.1. The van der Waals surface area contributed by atoms with E-state index < -0.39 is 6.04 Å². The number of anilines is 1. The van der Waals surface area contributed by atoms with Crippen molar-refractivity contribution in [3.05, 3.63) is 59.1 Å². The van der Waals surface area contributed by atoms with E-state index >= 15 is 0 Å². The molecule has 4 rings (SSSR count). The number of para-hydroxylation sites is 1. The van der Waals surface area contributed by atoms with Crippen LogP contribution in [0.25, 0.3) is 0 Å². The van der Waals surface area contributed by atoms with E-state index in [0.29, 0.717) is 21.7 Å². The Morgan fingerprint density at radius 2 is 2.03 bits per heavy atom. The van der Waals surface area contributed by atoms with Gasteiger partial charge in [-0.1, -0.05) is 55.4 Å². The highest BCUT2D eigenvalue weighted by molar-refractivity contribution is 8.14. The second kappa shape index (κ2) is 8.00. The molecule has 2 aromatic rings. The number of thioether (sulfide) groups is 1. The molecule has 0 bridgehead atoms. The van der Waals surface area contributed by atoms with Crippen LogP contribution >= 0.6 is 23.4 Å². The summed E-state index contributed by atoms with van der Waals surface area (Å²) in [6, 6.07) is 14.1. The van der Waals surface area contributed by atoms with E-state index in [2.05, 4.69) is 15.3 Å². The van der Waals surface area contributed by atoms with Gasteiger partial charge < -0.3 is 5.32 Å². The van der Waals surface area contributed by atoms with Crippen molar-refractivity contribution >= 4 is 57.6 Å². The summed E-state index contributed by atoms with van der Waals surface area (Å²) < 4.78 is 0. The van der Waals surface area contributed by atoms with Gasteiger partial charge in [0, 0.05) is 16.3 Å². The minimum Gasteiger partial charge on any atom is -0.325 e. The molecule has 0 unspecified atom stereocenters. The monoisotopic (exact) mass is 426 g/mol. The fourth-order valence-corrected chi connectivity index (χ4v) is 4.19. The summed E-state index contributed by atoms with van der Waals surface area (Å²) in [5.74, 6) is 0.481. The lowest BCUT2D eigenvalue weighted by Crippen LogP contribution is -2.42. The Bertz CT molecular complexity index is 1050. The molecule has 0 saturated carbocycles. The molecule has 2 aliphatic rings.